The number of aromatic nitrogens is 1. The number of anilines is 1. The van der Waals surface area contributed by atoms with Gasteiger partial charge >= 0.3 is 0 Å². The molecule has 156 valence electrons. The zero-order valence-electron chi connectivity index (χ0n) is 17.2. The van der Waals surface area contributed by atoms with Gasteiger partial charge in [0, 0.05) is 23.1 Å². The number of hydrogen-bond acceptors (Lipinski definition) is 3. The summed E-state index contributed by atoms with van der Waals surface area (Å²) >= 11 is 0. The molecule has 1 aromatic carbocycles. The van der Waals surface area contributed by atoms with E-state index >= 15 is 0 Å². The SMILES string of the molecule is C=C(NC(=O)c1ccc[nH]1)c1cc(NC(=O)C(CCN)C2=CCCC=C2)ccc1C. The molecule has 0 saturated heterocycles. The van der Waals surface area contributed by atoms with E-state index in [1.165, 1.54) is 0 Å². The zero-order valence-corrected chi connectivity index (χ0v) is 17.2. The molecule has 30 heavy (non-hydrogen) atoms. The van der Waals surface area contributed by atoms with Gasteiger partial charge in [-0.2, -0.15) is 0 Å². The predicted molar refractivity (Wildman–Crippen MR) is 121 cm³/mol. The van der Waals surface area contributed by atoms with Crippen molar-refractivity contribution in [3.63, 3.8) is 0 Å². The molecule has 1 atom stereocenters. The summed E-state index contributed by atoms with van der Waals surface area (Å²) in [5.74, 6) is -0.640. The van der Waals surface area contributed by atoms with E-state index in [4.69, 9.17) is 5.73 Å². The van der Waals surface area contributed by atoms with Crippen LogP contribution in [-0.2, 0) is 4.79 Å². The number of rotatable bonds is 8. The van der Waals surface area contributed by atoms with Gasteiger partial charge in [0.05, 0.1) is 5.92 Å². The molecule has 0 saturated carbocycles. The zero-order chi connectivity index (χ0) is 21.5. The topological polar surface area (TPSA) is 100 Å². The first-order valence-electron chi connectivity index (χ1n) is 10.1. The molecule has 0 bridgehead atoms. The van der Waals surface area contributed by atoms with Crippen molar-refractivity contribution in [3.05, 3.63) is 83.7 Å². The van der Waals surface area contributed by atoms with Gasteiger partial charge in [0.1, 0.15) is 5.69 Å². The highest BCUT2D eigenvalue weighted by Gasteiger charge is 2.22. The normalized spacial score (nSPS) is 14.0. The van der Waals surface area contributed by atoms with E-state index in [0.29, 0.717) is 30.0 Å². The lowest BCUT2D eigenvalue weighted by Gasteiger charge is -2.20. The second-order valence-electron chi connectivity index (χ2n) is 7.35. The summed E-state index contributed by atoms with van der Waals surface area (Å²) < 4.78 is 0. The Labute approximate surface area is 176 Å². The summed E-state index contributed by atoms with van der Waals surface area (Å²) in [6.07, 6.45) is 10.4. The molecular weight excluding hydrogens is 376 g/mol. The van der Waals surface area contributed by atoms with E-state index < -0.39 is 0 Å². The molecule has 2 amide bonds. The standard InChI is InChI=1S/C24H28N4O2/c1-16-10-11-19(15-21(16)17(2)27-24(30)22-9-6-14-26-22)28-23(29)20(12-13-25)18-7-4-3-5-8-18/h4,6-11,14-15,20,26H,2-3,5,12-13,25H2,1H3,(H,27,30)(H,28,29). The summed E-state index contributed by atoms with van der Waals surface area (Å²) in [7, 11) is 0. The summed E-state index contributed by atoms with van der Waals surface area (Å²) in [5, 5.41) is 5.80. The quantitative estimate of drug-likeness (QED) is 0.537. The van der Waals surface area contributed by atoms with Crippen LogP contribution in [0.5, 0.6) is 0 Å². The van der Waals surface area contributed by atoms with E-state index in [1.807, 2.05) is 31.2 Å². The molecule has 3 rings (SSSR count). The van der Waals surface area contributed by atoms with Crippen molar-refractivity contribution in [1.29, 1.82) is 0 Å². The fraction of sp³-hybridized carbons (Fsp3) is 0.250. The lowest BCUT2D eigenvalue weighted by Crippen LogP contribution is -2.27. The highest BCUT2D eigenvalue weighted by molar-refractivity contribution is 5.99. The number of allylic oxidation sites excluding steroid dienone is 3. The number of H-pyrrole nitrogens is 1. The Balaban J connectivity index is 1.74. The maximum atomic E-state index is 13.0. The van der Waals surface area contributed by atoms with Crippen LogP contribution >= 0.6 is 0 Å². The maximum absolute atomic E-state index is 13.0. The van der Waals surface area contributed by atoms with Crippen molar-refractivity contribution < 1.29 is 9.59 Å². The first-order chi connectivity index (χ1) is 14.5. The molecule has 2 aromatic rings. The lowest BCUT2D eigenvalue weighted by molar-refractivity contribution is -0.118. The molecule has 1 aliphatic rings. The van der Waals surface area contributed by atoms with Crippen LogP contribution in [-0.4, -0.2) is 23.3 Å². The molecule has 1 unspecified atom stereocenters. The molecule has 0 fully saturated rings. The monoisotopic (exact) mass is 404 g/mol. The number of hydrogen-bond donors (Lipinski definition) is 4. The van der Waals surface area contributed by atoms with E-state index in [9.17, 15) is 9.59 Å². The minimum absolute atomic E-state index is 0.0888. The van der Waals surface area contributed by atoms with Crippen LogP contribution < -0.4 is 16.4 Å². The number of benzene rings is 1. The summed E-state index contributed by atoms with van der Waals surface area (Å²) in [6.45, 7) is 6.37. The van der Waals surface area contributed by atoms with Crippen LogP contribution in [0, 0.1) is 12.8 Å². The number of nitrogens with two attached hydrogens (primary N) is 1. The molecular formula is C24H28N4O2. The Bertz CT molecular complexity index is 987. The van der Waals surface area contributed by atoms with Gasteiger partial charge in [0.15, 0.2) is 0 Å². The van der Waals surface area contributed by atoms with Crippen molar-refractivity contribution >= 4 is 23.2 Å². The minimum Gasteiger partial charge on any atom is -0.357 e. The fourth-order valence-electron chi connectivity index (χ4n) is 3.51. The van der Waals surface area contributed by atoms with Crippen LogP contribution in [0.3, 0.4) is 0 Å². The van der Waals surface area contributed by atoms with Crippen molar-refractivity contribution in [2.45, 2.75) is 26.2 Å². The van der Waals surface area contributed by atoms with Gasteiger partial charge in [-0.25, -0.2) is 0 Å². The summed E-state index contributed by atoms with van der Waals surface area (Å²) in [4.78, 5) is 28.1. The van der Waals surface area contributed by atoms with Crippen molar-refractivity contribution in [1.82, 2.24) is 10.3 Å². The molecule has 6 heteroatoms. The Morgan fingerprint density at radius 3 is 2.77 bits per heavy atom. The van der Waals surface area contributed by atoms with Crippen LogP contribution in [0.15, 0.2) is 66.9 Å². The van der Waals surface area contributed by atoms with E-state index in [-0.39, 0.29) is 17.7 Å². The Kier molecular flexibility index (Phi) is 7.03. The molecule has 5 N–H and O–H groups in total. The molecule has 1 aromatic heterocycles. The van der Waals surface area contributed by atoms with Gasteiger partial charge in [0.2, 0.25) is 5.91 Å². The molecule has 0 aliphatic heterocycles. The fourth-order valence-corrected chi connectivity index (χ4v) is 3.51. The van der Waals surface area contributed by atoms with Gasteiger partial charge < -0.3 is 21.4 Å². The first-order valence-corrected chi connectivity index (χ1v) is 10.1. The van der Waals surface area contributed by atoms with E-state index in [2.05, 4.69) is 34.3 Å². The minimum atomic E-state index is -0.285. The Morgan fingerprint density at radius 2 is 2.10 bits per heavy atom. The second kappa shape index (κ2) is 9.89. The largest absolute Gasteiger partial charge is 0.357 e. The third-order valence-corrected chi connectivity index (χ3v) is 5.14. The number of nitrogens with one attached hydrogen (secondary N) is 3. The van der Waals surface area contributed by atoms with Crippen molar-refractivity contribution in [3.8, 4) is 0 Å². The smallest absolute Gasteiger partial charge is 0.272 e. The van der Waals surface area contributed by atoms with Gasteiger partial charge in [-0.05, 0) is 68.1 Å². The van der Waals surface area contributed by atoms with Crippen molar-refractivity contribution in [2.75, 3.05) is 11.9 Å². The molecule has 1 heterocycles. The first kappa shape index (κ1) is 21.3. The van der Waals surface area contributed by atoms with E-state index in [1.54, 1.807) is 18.3 Å². The van der Waals surface area contributed by atoms with Gasteiger partial charge in [-0.15, -0.1) is 0 Å². The second-order valence-corrected chi connectivity index (χ2v) is 7.35. The van der Waals surface area contributed by atoms with Crippen LogP contribution in [0.25, 0.3) is 5.70 Å². The average molecular weight is 405 g/mol. The number of amides is 2. The molecule has 1 aliphatic carbocycles. The van der Waals surface area contributed by atoms with Gasteiger partial charge in [0.25, 0.3) is 5.91 Å². The van der Waals surface area contributed by atoms with Crippen molar-refractivity contribution in [2.24, 2.45) is 11.7 Å². The Morgan fingerprint density at radius 1 is 1.27 bits per heavy atom. The highest BCUT2D eigenvalue weighted by Crippen LogP contribution is 2.25. The number of aryl methyl sites for hydroxylation is 1. The van der Waals surface area contributed by atoms with E-state index in [0.717, 1.165) is 29.5 Å². The molecule has 0 spiro atoms. The maximum Gasteiger partial charge on any atom is 0.272 e. The third kappa shape index (κ3) is 5.15. The third-order valence-electron chi connectivity index (χ3n) is 5.14. The number of carbonyl (C=O) groups excluding carboxylic acids is 2. The Hall–Kier alpha value is -3.38. The van der Waals surface area contributed by atoms with Crippen LogP contribution in [0.1, 0.15) is 40.9 Å². The average Bonchev–Trinajstić information content (AvgIpc) is 3.29. The van der Waals surface area contributed by atoms with Gasteiger partial charge in [-0.3, -0.25) is 9.59 Å². The highest BCUT2D eigenvalue weighted by atomic mass is 16.2. The van der Waals surface area contributed by atoms with Crippen LogP contribution in [0.4, 0.5) is 5.69 Å². The summed E-state index contributed by atoms with van der Waals surface area (Å²) in [6, 6.07) is 9.02. The summed E-state index contributed by atoms with van der Waals surface area (Å²) in [5.41, 5.74) is 10.1. The lowest BCUT2D eigenvalue weighted by atomic mass is 9.90. The predicted octanol–water partition coefficient (Wildman–Crippen LogP) is 3.90. The number of aromatic amines is 1. The van der Waals surface area contributed by atoms with Crippen LogP contribution in [0.2, 0.25) is 0 Å². The van der Waals surface area contributed by atoms with Gasteiger partial charge in [-0.1, -0.05) is 30.9 Å². The number of carbonyl (C=O) groups is 2. The molecule has 6 nitrogen and oxygen atoms in total. The molecule has 0 radical (unpaired) electrons.